The highest BCUT2D eigenvalue weighted by Gasteiger charge is 2.22. The summed E-state index contributed by atoms with van der Waals surface area (Å²) in [5, 5.41) is 3.31. The Bertz CT molecular complexity index is 575. The zero-order chi connectivity index (χ0) is 13.2. The molecule has 5 heteroatoms. The van der Waals surface area contributed by atoms with Crippen LogP contribution < -0.4 is 5.32 Å². The second kappa shape index (κ2) is 5.27. The summed E-state index contributed by atoms with van der Waals surface area (Å²) >= 11 is 0. The molecule has 1 aromatic carbocycles. The molecule has 0 bridgehead atoms. The number of aryl methyl sites for hydroxylation is 1. The first-order valence-electron chi connectivity index (χ1n) is 6.77. The SMILES string of the molecule is CCCn1c(C2CNCCO2)nc2cc(F)ccc21. The summed E-state index contributed by atoms with van der Waals surface area (Å²) in [5.41, 5.74) is 1.69. The molecule has 2 heterocycles. The summed E-state index contributed by atoms with van der Waals surface area (Å²) in [7, 11) is 0. The van der Waals surface area contributed by atoms with Crippen molar-refractivity contribution in [3.8, 4) is 0 Å². The number of rotatable bonds is 3. The van der Waals surface area contributed by atoms with E-state index >= 15 is 0 Å². The Labute approximate surface area is 111 Å². The first-order valence-corrected chi connectivity index (χ1v) is 6.77. The third-order valence-electron chi connectivity index (χ3n) is 3.40. The lowest BCUT2D eigenvalue weighted by Crippen LogP contribution is -2.34. The molecule has 3 rings (SSSR count). The molecular weight excluding hydrogens is 245 g/mol. The first-order chi connectivity index (χ1) is 9.29. The van der Waals surface area contributed by atoms with Gasteiger partial charge >= 0.3 is 0 Å². The number of fused-ring (bicyclic) bond motifs is 1. The lowest BCUT2D eigenvalue weighted by atomic mass is 10.2. The maximum Gasteiger partial charge on any atom is 0.140 e. The van der Waals surface area contributed by atoms with Gasteiger partial charge in [-0.25, -0.2) is 9.37 Å². The normalized spacial score (nSPS) is 20.0. The van der Waals surface area contributed by atoms with E-state index < -0.39 is 0 Å². The highest BCUT2D eigenvalue weighted by Crippen LogP contribution is 2.25. The highest BCUT2D eigenvalue weighted by atomic mass is 19.1. The van der Waals surface area contributed by atoms with Crippen LogP contribution in [-0.2, 0) is 11.3 Å². The number of imidazole rings is 1. The second-order valence-electron chi connectivity index (χ2n) is 4.82. The zero-order valence-corrected chi connectivity index (χ0v) is 11.0. The van der Waals surface area contributed by atoms with Crippen LogP contribution in [0.1, 0.15) is 25.3 Å². The molecule has 0 amide bonds. The van der Waals surface area contributed by atoms with Gasteiger partial charge in [0.2, 0.25) is 0 Å². The summed E-state index contributed by atoms with van der Waals surface area (Å²) in [6.07, 6.45) is 0.964. The van der Waals surface area contributed by atoms with Crippen LogP contribution in [-0.4, -0.2) is 29.2 Å². The molecular formula is C14H18FN3O. The molecule has 1 saturated heterocycles. The minimum Gasteiger partial charge on any atom is -0.368 e. The number of benzene rings is 1. The average molecular weight is 263 g/mol. The Kier molecular flexibility index (Phi) is 3.48. The molecule has 0 aliphatic carbocycles. The number of morpholine rings is 1. The summed E-state index contributed by atoms with van der Waals surface area (Å²) in [5.74, 6) is 0.650. The molecule has 1 aromatic heterocycles. The topological polar surface area (TPSA) is 39.1 Å². The van der Waals surface area contributed by atoms with Crippen LogP contribution >= 0.6 is 0 Å². The van der Waals surface area contributed by atoms with E-state index in [2.05, 4.69) is 21.8 Å². The van der Waals surface area contributed by atoms with Gasteiger partial charge in [0.25, 0.3) is 0 Å². The van der Waals surface area contributed by atoms with Gasteiger partial charge in [-0.2, -0.15) is 0 Å². The van der Waals surface area contributed by atoms with Gasteiger partial charge in [-0.15, -0.1) is 0 Å². The molecule has 102 valence electrons. The molecule has 1 N–H and O–H groups in total. The fourth-order valence-corrected chi connectivity index (χ4v) is 2.56. The van der Waals surface area contributed by atoms with Crippen molar-refractivity contribution in [2.75, 3.05) is 19.7 Å². The van der Waals surface area contributed by atoms with Gasteiger partial charge in [0.05, 0.1) is 17.6 Å². The van der Waals surface area contributed by atoms with Gasteiger partial charge in [0.1, 0.15) is 17.7 Å². The lowest BCUT2D eigenvalue weighted by Gasteiger charge is -2.24. The maximum absolute atomic E-state index is 13.3. The van der Waals surface area contributed by atoms with E-state index in [0.717, 1.165) is 37.4 Å². The first kappa shape index (κ1) is 12.6. The Morgan fingerprint density at radius 1 is 1.53 bits per heavy atom. The molecule has 1 unspecified atom stereocenters. The molecule has 1 atom stereocenters. The molecule has 1 aliphatic rings. The minimum atomic E-state index is -0.247. The van der Waals surface area contributed by atoms with Crippen LogP contribution in [0.5, 0.6) is 0 Å². The average Bonchev–Trinajstić information content (AvgIpc) is 2.78. The number of nitrogens with one attached hydrogen (secondary N) is 1. The van der Waals surface area contributed by atoms with Gasteiger partial charge in [-0.05, 0) is 18.6 Å². The van der Waals surface area contributed by atoms with Gasteiger partial charge in [-0.1, -0.05) is 6.92 Å². The van der Waals surface area contributed by atoms with Crippen LogP contribution in [0.4, 0.5) is 4.39 Å². The van der Waals surface area contributed by atoms with Gasteiger partial charge in [0.15, 0.2) is 0 Å². The smallest absolute Gasteiger partial charge is 0.140 e. The standard InChI is InChI=1S/C14H18FN3O/c1-2-6-18-12-4-3-10(15)8-11(12)17-14(18)13-9-16-5-7-19-13/h3-4,8,13,16H,2,5-7,9H2,1H3. The minimum absolute atomic E-state index is 0.0456. The van der Waals surface area contributed by atoms with Gasteiger partial charge in [0, 0.05) is 25.7 Å². The molecule has 0 spiro atoms. The van der Waals surface area contributed by atoms with Crippen LogP contribution in [0.15, 0.2) is 18.2 Å². The van der Waals surface area contributed by atoms with Crippen molar-refractivity contribution in [3.63, 3.8) is 0 Å². The Balaban J connectivity index is 2.08. The second-order valence-corrected chi connectivity index (χ2v) is 4.82. The Morgan fingerprint density at radius 3 is 3.16 bits per heavy atom. The van der Waals surface area contributed by atoms with Gasteiger partial charge < -0.3 is 14.6 Å². The molecule has 2 aromatic rings. The van der Waals surface area contributed by atoms with E-state index in [1.165, 1.54) is 12.1 Å². The highest BCUT2D eigenvalue weighted by molar-refractivity contribution is 5.76. The van der Waals surface area contributed by atoms with Crippen molar-refractivity contribution in [1.29, 1.82) is 0 Å². The predicted octanol–water partition coefficient (Wildman–Crippen LogP) is 2.25. The van der Waals surface area contributed by atoms with Crippen molar-refractivity contribution in [1.82, 2.24) is 14.9 Å². The quantitative estimate of drug-likeness (QED) is 0.923. The number of aromatic nitrogens is 2. The molecule has 0 radical (unpaired) electrons. The number of nitrogens with zero attached hydrogens (tertiary/aromatic N) is 2. The Hall–Kier alpha value is -1.46. The molecule has 0 saturated carbocycles. The predicted molar refractivity (Wildman–Crippen MR) is 71.5 cm³/mol. The van der Waals surface area contributed by atoms with Crippen LogP contribution in [0.2, 0.25) is 0 Å². The lowest BCUT2D eigenvalue weighted by molar-refractivity contribution is 0.0202. The van der Waals surface area contributed by atoms with Crippen molar-refractivity contribution in [2.24, 2.45) is 0 Å². The zero-order valence-electron chi connectivity index (χ0n) is 11.0. The summed E-state index contributed by atoms with van der Waals surface area (Å²) in [4.78, 5) is 4.57. The van der Waals surface area contributed by atoms with E-state index in [-0.39, 0.29) is 11.9 Å². The van der Waals surface area contributed by atoms with E-state index in [4.69, 9.17) is 4.74 Å². The van der Waals surface area contributed by atoms with E-state index in [1.54, 1.807) is 6.07 Å². The van der Waals surface area contributed by atoms with Crippen molar-refractivity contribution in [3.05, 3.63) is 29.8 Å². The number of halogens is 1. The fourth-order valence-electron chi connectivity index (χ4n) is 2.56. The van der Waals surface area contributed by atoms with Crippen molar-refractivity contribution in [2.45, 2.75) is 26.0 Å². The fraction of sp³-hybridized carbons (Fsp3) is 0.500. The van der Waals surface area contributed by atoms with Crippen LogP contribution in [0.3, 0.4) is 0 Å². The summed E-state index contributed by atoms with van der Waals surface area (Å²) in [6.45, 7) is 5.32. The largest absolute Gasteiger partial charge is 0.368 e. The molecule has 19 heavy (non-hydrogen) atoms. The van der Waals surface area contributed by atoms with E-state index in [1.807, 2.05) is 0 Å². The van der Waals surface area contributed by atoms with Gasteiger partial charge in [-0.3, -0.25) is 0 Å². The molecule has 1 aliphatic heterocycles. The van der Waals surface area contributed by atoms with E-state index in [0.29, 0.717) is 12.1 Å². The summed E-state index contributed by atoms with van der Waals surface area (Å²) in [6, 6.07) is 4.77. The number of hydrogen-bond acceptors (Lipinski definition) is 3. The number of hydrogen-bond donors (Lipinski definition) is 1. The maximum atomic E-state index is 13.3. The van der Waals surface area contributed by atoms with Crippen molar-refractivity contribution < 1.29 is 9.13 Å². The Morgan fingerprint density at radius 2 is 2.42 bits per heavy atom. The molecule has 1 fully saturated rings. The van der Waals surface area contributed by atoms with Crippen molar-refractivity contribution >= 4 is 11.0 Å². The molecule has 4 nitrogen and oxygen atoms in total. The third-order valence-corrected chi connectivity index (χ3v) is 3.40. The summed E-state index contributed by atoms with van der Waals surface area (Å²) < 4.78 is 21.2. The van der Waals surface area contributed by atoms with E-state index in [9.17, 15) is 4.39 Å². The number of ether oxygens (including phenoxy) is 1. The van der Waals surface area contributed by atoms with Crippen LogP contribution in [0.25, 0.3) is 11.0 Å². The van der Waals surface area contributed by atoms with Crippen LogP contribution in [0, 0.1) is 5.82 Å². The monoisotopic (exact) mass is 263 g/mol. The third kappa shape index (κ3) is 2.35.